The van der Waals surface area contributed by atoms with Gasteiger partial charge in [-0.25, -0.2) is 0 Å². The van der Waals surface area contributed by atoms with Gasteiger partial charge in [-0.3, -0.25) is 4.79 Å². The van der Waals surface area contributed by atoms with Crippen LogP contribution >= 0.6 is 0 Å². The van der Waals surface area contributed by atoms with Crippen molar-refractivity contribution in [2.45, 2.75) is 25.8 Å². The molecule has 1 aromatic carbocycles. The molecule has 1 amide bonds. The molecule has 0 radical (unpaired) electrons. The first-order chi connectivity index (χ1) is 9.15. The molecule has 2 rings (SSSR count). The van der Waals surface area contributed by atoms with Crippen LogP contribution in [0.5, 0.6) is 5.75 Å². The van der Waals surface area contributed by atoms with Crippen molar-refractivity contribution < 1.29 is 14.3 Å². The second-order valence-corrected chi connectivity index (χ2v) is 4.77. The summed E-state index contributed by atoms with van der Waals surface area (Å²) >= 11 is 0. The lowest BCUT2D eigenvalue weighted by atomic mass is 10.1. The van der Waals surface area contributed by atoms with Gasteiger partial charge in [-0.15, -0.1) is 0 Å². The maximum atomic E-state index is 11.8. The van der Waals surface area contributed by atoms with Crippen molar-refractivity contribution in [3.63, 3.8) is 0 Å². The van der Waals surface area contributed by atoms with Gasteiger partial charge in [0.05, 0.1) is 0 Å². The van der Waals surface area contributed by atoms with E-state index in [0.717, 1.165) is 18.4 Å². The average Bonchev–Trinajstić information content (AvgIpc) is 2.39. The van der Waals surface area contributed by atoms with E-state index in [9.17, 15) is 4.79 Å². The van der Waals surface area contributed by atoms with Gasteiger partial charge < -0.3 is 20.5 Å². The Hall–Kier alpha value is -1.75. The summed E-state index contributed by atoms with van der Waals surface area (Å²) in [5.74, 6) is 0.597. The van der Waals surface area contributed by atoms with Crippen LogP contribution in [0.25, 0.3) is 0 Å². The van der Waals surface area contributed by atoms with Gasteiger partial charge >= 0.3 is 0 Å². The number of hydrogen-bond acceptors (Lipinski definition) is 4. The zero-order valence-corrected chi connectivity index (χ0v) is 11.1. The smallest absolute Gasteiger partial charge is 0.258 e. The number of ether oxygens (including phenoxy) is 2. The van der Waals surface area contributed by atoms with Gasteiger partial charge in [0.25, 0.3) is 5.91 Å². The number of carbonyl (C=O) groups excluding carboxylic acids is 1. The van der Waals surface area contributed by atoms with Crippen LogP contribution in [0.15, 0.2) is 18.2 Å². The lowest BCUT2D eigenvalue weighted by Gasteiger charge is -2.23. The number of nitrogen functional groups attached to an aromatic ring is 1. The minimum Gasteiger partial charge on any atom is -0.484 e. The first-order valence-electron chi connectivity index (χ1n) is 6.51. The number of rotatable bonds is 4. The van der Waals surface area contributed by atoms with Crippen LogP contribution in [0.1, 0.15) is 18.4 Å². The third kappa shape index (κ3) is 4.13. The third-order valence-electron chi connectivity index (χ3n) is 3.14. The van der Waals surface area contributed by atoms with Crippen molar-refractivity contribution >= 4 is 11.6 Å². The van der Waals surface area contributed by atoms with Gasteiger partial charge in [-0.1, -0.05) is 0 Å². The van der Waals surface area contributed by atoms with Gasteiger partial charge in [0.15, 0.2) is 6.61 Å². The molecule has 5 nitrogen and oxygen atoms in total. The molecule has 0 aliphatic carbocycles. The molecular formula is C14H20N2O3. The fraction of sp³-hybridized carbons (Fsp3) is 0.500. The number of benzene rings is 1. The number of amides is 1. The van der Waals surface area contributed by atoms with Crippen LogP contribution < -0.4 is 15.8 Å². The zero-order valence-electron chi connectivity index (χ0n) is 11.1. The summed E-state index contributed by atoms with van der Waals surface area (Å²) in [5.41, 5.74) is 7.28. The molecule has 0 unspecified atom stereocenters. The molecule has 0 atom stereocenters. The number of hydrogen-bond donors (Lipinski definition) is 2. The molecule has 5 heteroatoms. The molecule has 104 valence electrons. The van der Waals surface area contributed by atoms with E-state index >= 15 is 0 Å². The van der Waals surface area contributed by atoms with Gasteiger partial charge in [0.2, 0.25) is 0 Å². The van der Waals surface area contributed by atoms with Crippen molar-refractivity contribution in [3.8, 4) is 5.75 Å². The Bertz CT molecular complexity index is 442. The summed E-state index contributed by atoms with van der Waals surface area (Å²) < 4.78 is 10.7. The molecule has 19 heavy (non-hydrogen) atoms. The largest absolute Gasteiger partial charge is 0.484 e. The Kier molecular flexibility index (Phi) is 4.63. The first kappa shape index (κ1) is 13.7. The number of aryl methyl sites for hydroxylation is 1. The molecule has 1 saturated heterocycles. The summed E-state index contributed by atoms with van der Waals surface area (Å²) in [6.45, 7) is 3.36. The van der Waals surface area contributed by atoms with E-state index < -0.39 is 0 Å². The van der Waals surface area contributed by atoms with Crippen LogP contribution in [0.2, 0.25) is 0 Å². The van der Waals surface area contributed by atoms with E-state index in [1.807, 2.05) is 13.0 Å². The van der Waals surface area contributed by atoms with Gasteiger partial charge in [0.1, 0.15) is 5.75 Å². The molecule has 3 N–H and O–H groups in total. The number of nitrogens with one attached hydrogen (secondary N) is 1. The summed E-state index contributed by atoms with van der Waals surface area (Å²) in [4.78, 5) is 11.8. The maximum Gasteiger partial charge on any atom is 0.258 e. The van der Waals surface area contributed by atoms with E-state index in [1.165, 1.54) is 0 Å². The number of nitrogens with two attached hydrogens (primary N) is 1. The van der Waals surface area contributed by atoms with Crippen molar-refractivity contribution in [3.05, 3.63) is 23.8 Å². The normalized spacial score (nSPS) is 16.1. The Morgan fingerprint density at radius 1 is 1.47 bits per heavy atom. The van der Waals surface area contributed by atoms with Crippen LogP contribution in [0, 0.1) is 6.92 Å². The molecule has 1 aliphatic rings. The lowest BCUT2D eigenvalue weighted by molar-refractivity contribution is -0.124. The van der Waals surface area contributed by atoms with Crippen LogP contribution in [0.4, 0.5) is 5.69 Å². The summed E-state index contributed by atoms with van der Waals surface area (Å²) in [7, 11) is 0. The van der Waals surface area contributed by atoms with Crippen LogP contribution in [-0.2, 0) is 9.53 Å². The Morgan fingerprint density at radius 3 is 2.89 bits per heavy atom. The van der Waals surface area contributed by atoms with E-state index in [-0.39, 0.29) is 18.6 Å². The van der Waals surface area contributed by atoms with E-state index in [2.05, 4.69) is 5.32 Å². The molecule has 0 spiro atoms. The second kappa shape index (κ2) is 6.43. The SMILES string of the molecule is Cc1cc(N)ccc1OCC(=O)NC1CCOCC1. The highest BCUT2D eigenvalue weighted by Gasteiger charge is 2.16. The van der Waals surface area contributed by atoms with Gasteiger partial charge in [-0.2, -0.15) is 0 Å². The molecule has 0 aromatic heterocycles. The molecule has 1 aliphatic heterocycles. The maximum absolute atomic E-state index is 11.8. The summed E-state index contributed by atoms with van der Waals surface area (Å²) in [5, 5.41) is 2.95. The third-order valence-corrected chi connectivity index (χ3v) is 3.14. The summed E-state index contributed by atoms with van der Waals surface area (Å²) in [6.07, 6.45) is 1.74. The molecule has 0 bridgehead atoms. The van der Waals surface area contributed by atoms with Gasteiger partial charge in [0, 0.05) is 24.9 Å². The minimum absolute atomic E-state index is 0.0299. The predicted molar refractivity (Wildman–Crippen MR) is 73.1 cm³/mol. The first-order valence-corrected chi connectivity index (χ1v) is 6.51. The van der Waals surface area contributed by atoms with Crippen molar-refractivity contribution in [1.82, 2.24) is 5.32 Å². The van der Waals surface area contributed by atoms with E-state index in [4.69, 9.17) is 15.2 Å². The molecule has 1 aromatic rings. The Balaban J connectivity index is 1.79. The van der Waals surface area contributed by atoms with E-state index in [0.29, 0.717) is 24.7 Å². The number of carbonyl (C=O) groups is 1. The molecule has 1 fully saturated rings. The molecule has 1 heterocycles. The molecular weight excluding hydrogens is 244 g/mol. The fourth-order valence-electron chi connectivity index (χ4n) is 2.09. The highest BCUT2D eigenvalue weighted by atomic mass is 16.5. The van der Waals surface area contributed by atoms with Crippen LogP contribution in [-0.4, -0.2) is 31.8 Å². The monoisotopic (exact) mass is 264 g/mol. The topological polar surface area (TPSA) is 73.6 Å². The highest BCUT2D eigenvalue weighted by molar-refractivity contribution is 5.77. The van der Waals surface area contributed by atoms with Crippen molar-refractivity contribution in [2.24, 2.45) is 0 Å². The number of anilines is 1. The highest BCUT2D eigenvalue weighted by Crippen LogP contribution is 2.19. The zero-order chi connectivity index (χ0) is 13.7. The lowest BCUT2D eigenvalue weighted by Crippen LogP contribution is -2.41. The predicted octanol–water partition coefficient (Wildman–Crippen LogP) is 1.25. The Morgan fingerprint density at radius 2 is 2.21 bits per heavy atom. The quantitative estimate of drug-likeness (QED) is 0.803. The average molecular weight is 264 g/mol. The standard InChI is InChI=1S/C14H20N2O3/c1-10-8-11(15)2-3-13(10)19-9-14(17)16-12-4-6-18-7-5-12/h2-3,8,12H,4-7,9,15H2,1H3,(H,16,17). The van der Waals surface area contributed by atoms with Crippen molar-refractivity contribution in [1.29, 1.82) is 0 Å². The summed E-state index contributed by atoms with van der Waals surface area (Å²) in [6, 6.07) is 5.58. The van der Waals surface area contributed by atoms with Crippen LogP contribution in [0.3, 0.4) is 0 Å². The molecule has 0 saturated carbocycles. The second-order valence-electron chi connectivity index (χ2n) is 4.77. The van der Waals surface area contributed by atoms with Crippen molar-refractivity contribution in [2.75, 3.05) is 25.6 Å². The fourth-order valence-corrected chi connectivity index (χ4v) is 2.09. The Labute approximate surface area is 113 Å². The van der Waals surface area contributed by atoms with Gasteiger partial charge in [-0.05, 0) is 43.5 Å². The van der Waals surface area contributed by atoms with E-state index in [1.54, 1.807) is 12.1 Å². The minimum atomic E-state index is -0.0943.